The molecule has 2 aromatic carbocycles. The van der Waals surface area contributed by atoms with Crippen LogP contribution in [0.5, 0.6) is 0 Å². The largest absolute Gasteiger partial charge is 0.349 e. The Morgan fingerprint density at radius 3 is 2.45 bits per heavy atom. The molecule has 4 nitrogen and oxygen atoms in total. The lowest BCUT2D eigenvalue weighted by molar-refractivity contribution is -0.110. The molecule has 0 spiro atoms. The second-order valence-electron chi connectivity index (χ2n) is 5.42. The minimum Gasteiger partial charge on any atom is -0.349 e. The molecule has 1 N–H and O–H groups in total. The molecular formula is C18H19N3O. The normalized spacial score (nSPS) is 13.7. The van der Waals surface area contributed by atoms with Gasteiger partial charge in [-0.25, -0.2) is 4.98 Å². The SMILES string of the molecule is C[C@H](NC=O)c1nc2ccccc2n1[C@@H](C)c1ccccc1. The molecule has 2 atom stereocenters. The van der Waals surface area contributed by atoms with Gasteiger partial charge in [0.05, 0.1) is 23.1 Å². The maximum atomic E-state index is 10.8. The van der Waals surface area contributed by atoms with E-state index in [1.54, 1.807) is 0 Å². The fourth-order valence-corrected chi connectivity index (χ4v) is 2.83. The summed E-state index contributed by atoms with van der Waals surface area (Å²) in [6.07, 6.45) is 0.724. The van der Waals surface area contributed by atoms with E-state index in [0.717, 1.165) is 23.3 Å². The summed E-state index contributed by atoms with van der Waals surface area (Å²) >= 11 is 0. The molecule has 0 saturated heterocycles. The highest BCUT2D eigenvalue weighted by Crippen LogP contribution is 2.28. The second kappa shape index (κ2) is 6.02. The highest BCUT2D eigenvalue weighted by atomic mass is 16.1. The molecule has 0 bridgehead atoms. The van der Waals surface area contributed by atoms with Gasteiger partial charge in [-0.3, -0.25) is 4.79 Å². The lowest BCUT2D eigenvalue weighted by atomic mass is 10.1. The summed E-state index contributed by atoms with van der Waals surface area (Å²) in [6, 6.07) is 18.4. The van der Waals surface area contributed by atoms with Crippen molar-refractivity contribution in [3.05, 3.63) is 66.0 Å². The van der Waals surface area contributed by atoms with Crippen LogP contribution < -0.4 is 5.32 Å². The fourth-order valence-electron chi connectivity index (χ4n) is 2.83. The number of hydrogen-bond donors (Lipinski definition) is 1. The molecule has 0 aliphatic rings. The van der Waals surface area contributed by atoms with Crippen LogP contribution in [0.2, 0.25) is 0 Å². The molecule has 0 unspecified atom stereocenters. The van der Waals surface area contributed by atoms with Crippen LogP contribution in [-0.4, -0.2) is 16.0 Å². The van der Waals surface area contributed by atoms with Crippen LogP contribution in [0.4, 0.5) is 0 Å². The van der Waals surface area contributed by atoms with E-state index in [-0.39, 0.29) is 12.1 Å². The average molecular weight is 293 g/mol. The fraction of sp³-hybridized carbons (Fsp3) is 0.222. The Hall–Kier alpha value is -2.62. The number of benzene rings is 2. The lowest BCUT2D eigenvalue weighted by Gasteiger charge is -2.20. The Kier molecular flexibility index (Phi) is 3.92. The average Bonchev–Trinajstić information content (AvgIpc) is 2.95. The first kappa shape index (κ1) is 14.3. The molecule has 1 aromatic heterocycles. The minimum atomic E-state index is -0.143. The molecule has 0 saturated carbocycles. The minimum absolute atomic E-state index is 0.138. The molecule has 0 aliphatic carbocycles. The number of nitrogens with one attached hydrogen (secondary N) is 1. The number of nitrogens with zero attached hydrogens (tertiary/aromatic N) is 2. The molecule has 4 heteroatoms. The second-order valence-corrected chi connectivity index (χ2v) is 5.42. The molecule has 22 heavy (non-hydrogen) atoms. The van der Waals surface area contributed by atoms with E-state index in [1.165, 1.54) is 5.56 Å². The number of imidazole rings is 1. The van der Waals surface area contributed by atoms with Crippen LogP contribution in [0.1, 0.15) is 37.3 Å². The van der Waals surface area contributed by atoms with Gasteiger partial charge < -0.3 is 9.88 Å². The Morgan fingerprint density at radius 2 is 1.73 bits per heavy atom. The van der Waals surface area contributed by atoms with Crippen LogP contribution in [0.15, 0.2) is 54.6 Å². The van der Waals surface area contributed by atoms with Crippen LogP contribution in [-0.2, 0) is 4.79 Å². The van der Waals surface area contributed by atoms with Gasteiger partial charge >= 0.3 is 0 Å². The zero-order chi connectivity index (χ0) is 15.5. The van der Waals surface area contributed by atoms with Crippen molar-refractivity contribution in [2.45, 2.75) is 25.9 Å². The van der Waals surface area contributed by atoms with Gasteiger partial charge in [-0.05, 0) is 31.5 Å². The summed E-state index contributed by atoms with van der Waals surface area (Å²) in [5.41, 5.74) is 3.23. The van der Waals surface area contributed by atoms with E-state index in [4.69, 9.17) is 4.98 Å². The molecule has 0 fully saturated rings. The first-order valence-corrected chi connectivity index (χ1v) is 7.44. The summed E-state index contributed by atoms with van der Waals surface area (Å²) in [4.78, 5) is 15.5. The van der Waals surface area contributed by atoms with Crippen molar-refractivity contribution >= 4 is 17.4 Å². The highest BCUT2D eigenvalue weighted by Gasteiger charge is 2.20. The summed E-state index contributed by atoms with van der Waals surface area (Å²) in [6.45, 7) is 4.10. The van der Waals surface area contributed by atoms with Gasteiger partial charge in [0.1, 0.15) is 5.82 Å². The number of amides is 1. The molecule has 3 rings (SSSR count). The summed E-state index contributed by atoms with van der Waals surface area (Å²) in [5, 5.41) is 2.81. The summed E-state index contributed by atoms with van der Waals surface area (Å²) < 4.78 is 2.20. The van der Waals surface area contributed by atoms with E-state index in [2.05, 4.69) is 35.0 Å². The predicted octanol–water partition coefficient (Wildman–Crippen LogP) is 3.45. The zero-order valence-electron chi connectivity index (χ0n) is 12.7. The van der Waals surface area contributed by atoms with E-state index in [9.17, 15) is 4.79 Å². The number of para-hydroxylation sites is 2. The Labute approximate surface area is 129 Å². The summed E-state index contributed by atoms with van der Waals surface area (Å²) in [5.74, 6) is 0.865. The summed E-state index contributed by atoms with van der Waals surface area (Å²) in [7, 11) is 0. The zero-order valence-corrected chi connectivity index (χ0v) is 12.7. The van der Waals surface area contributed by atoms with E-state index < -0.39 is 0 Å². The lowest BCUT2D eigenvalue weighted by Crippen LogP contribution is -2.22. The molecule has 112 valence electrons. The van der Waals surface area contributed by atoms with Crippen LogP contribution in [0, 0.1) is 0 Å². The number of carbonyl (C=O) groups excluding carboxylic acids is 1. The Morgan fingerprint density at radius 1 is 1.05 bits per heavy atom. The highest BCUT2D eigenvalue weighted by molar-refractivity contribution is 5.76. The number of carbonyl (C=O) groups is 1. The standard InChI is InChI=1S/C18H19N3O/c1-13(19-12-22)18-20-16-10-6-7-11-17(16)21(18)14(2)15-8-4-3-5-9-15/h3-14H,1-2H3,(H,19,22)/t13-,14-/m0/s1. The molecular weight excluding hydrogens is 274 g/mol. The monoisotopic (exact) mass is 293 g/mol. The van der Waals surface area contributed by atoms with Crippen LogP contribution >= 0.6 is 0 Å². The van der Waals surface area contributed by atoms with E-state index >= 15 is 0 Å². The van der Waals surface area contributed by atoms with Crippen molar-refractivity contribution in [1.82, 2.24) is 14.9 Å². The molecule has 1 amide bonds. The van der Waals surface area contributed by atoms with Crippen molar-refractivity contribution in [3.63, 3.8) is 0 Å². The quantitative estimate of drug-likeness (QED) is 0.732. The van der Waals surface area contributed by atoms with Gasteiger partial charge in [-0.2, -0.15) is 0 Å². The van der Waals surface area contributed by atoms with Gasteiger partial charge in [0, 0.05) is 0 Å². The maximum Gasteiger partial charge on any atom is 0.207 e. The number of aromatic nitrogens is 2. The van der Waals surface area contributed by atoms with Crippen molar-refractivity contribution < 1.29 is 4.79 Å². The van der Waals surface area contributed by atoms with Crippen molar-refractivity contribution in [1.29, 1.82) is 0 Å². The first-order valence-electron chi connectivity index (χ1n) is 7.44. The third kappa shape index (κ3) is 2.48. The van der Waals surface area contributed by atoms with Gasteiger partial charge in [-0.15, -0.1) is 0 Å². The van der Waals surface area contributed by atoms with Crippen molar-refractivity contribution in [2.75, 3.05) is 0 Å². The first-order chi connectivity index (χ1) is 10.7. The van der Waals surface area contributed by atoms with E-state index in [1.807, 2.05) is 43.3 Å². The predicted molar refractivity (Wildman–Crippen MR) is 87.6 cm³/mol. The maximum absolute atomic E-state index is 10.8. The van der Waals surface area contributed by atoms with E-state index in [0.29, 0.717) is 0 Å². The smallest absolute Gasteiger partial charge is 0.207 e. The molecule has 3 aromatic rings. The molecule has 1 heterocycles. The van der Waals surface area contributed by atoms with Crippen molar-refractivity contribution in [3.8, 4) is 0 Å². The molecule has 0 aliphatic heterocycles. The number of fused-ring (bicyclic) bond motifs is 1. The van der Waals surface area contributed by atoms with Crippen molar-refractivity contribution in [2.24, 2.45) is 0 Å². The van der Waals surface area contributed by atoms with Crippen LogP contribution in [0.25, 0.3) is 11.0 Å². The van der Waals surface area contributed by atoms with Gasteiger partial charge in [-0.1, -0.05) is 42.5 Å². The number of rotatable bonds is 5. The number of hydrogen-bond acceptors (Lipinski definition) is 2. The van der Waals surface area contributed by atoms with Crippen LogP contribution in [0.3, 0.4) is 0 Å². The Bertz CT molecular complexity index is 779. The Balaban J connectivity index is 2.17. The third-order valence-corrected chi connectivity index (χ3v) is 4.00. The topological polar surface area (TPSA) is 46.9 Å². The van der Waals surface area contributed by atoms with Gasteiger partial charge in [0.2, 0.25) is 6.41 Å². The van der Waals surface area contributed by atoms with Gasteiger partial charge in [0.25, 0.3) is 0 Å². The molecule has 0 radical (unpaired) electrons. The third-order valence-electron chi connectivity index (χ3n) is 4.00. The van der Waals surface area contributed by atoms with Gasteiger partial charge in [0.15, 0.2) is 0 Å².